The number of benzene rings is 2. The third kappa shape index (κ3) is 4.71. The highest BCUT2D eigenvalue weighted by molar-refractivity contribution is 5.85. The Morgan fingerprint density at radius 1 is 0.741 bits per heavy atom. The van der Waals surface area contributed by atoms with Crippen molar-refractivity contribution in [2.45, 2.75) is 65.2 Å². The first kappa shape index (κ1) is 19.5. The minimum atomic E-state index is 0.139. The van der Waals surface area contributed by atoms with E-state index in [-0.39, 0.29) is 10.8 Å². The molecule has 1 aliphatic rings. The molecular weight excluding hydrogens is 326 g/mol. The van der Waals surface area contributed by atoms with Crippen LogP contribution in [0.4, 0.5) is 11.4 Å². The molecule has 2 aromatic rings. The van der Waals surface area contributed by atoms with Gasteiger partial charge in [-0.1, -0.05) is 78.0 Å². The summed E-state index contributed by atoms with van der Waals surface area (Å²) >= 11 is 0. The van der Waals surface area contributed by atoms with Gasteiger partial charge in [-0.3, -0.25) is 0 Å². The van der Waals surface area contributed by atoms with Gasteiger partial charge in [-0.25, -0.2) is 0 Å². The molecular formula is C26H33N. The fourth-order valence-corrected chi connectivity index (χ4v) is 3.38. The second kappa shape index (κ2) is 7.38. The van der Waals surface area contributed by atoms with Crippen LogP contribution in [-0.4, -0.2) is 0 Å². The zero-order valence-electron chi connectivity index (χ0n) is 17.7. The van der Waals surface area contributed by atoms with Gasteiger partial charge in [-0.05, 0) is 64.6 Å². The van der Waals surface area contributed by atoms with Crippen LogP contribution in [0, 0.1) is 0 Å². The van der Waals surface area contributed by atoms with E-state index >= 15 is 0 Å². The zero-order chi connectivity index (χ0) is 19.7. The average molecular weight is 360 g/mol. The second-order valence-corrected chi connectivity index (χ2v) is 9.60. The van der Waals surface area contributed by atoms with Gasteiger partial charge in [0.25, 0.3) is 0 Å². The van der Waals surface area contributed by atoms with Crippen LogP contribution in [0.3, 0.4) is 0 Å². The average Bonchev–Trinajstić information content (AvgIpc) is 2.61. The van der Waals surface area contributed by atoms with Gasteiger partial charge in [0.05, 0.1) is 0 Å². The fourth-order valence-electron chi connectivity index (χ4n) is 3.38. The molecule has 0 saturated carbocycles. The molecule has 1 nitrogen and oxygen atoms in total. The summed E-state index contributed by atoms with van der Waals surface area (Å²) in [7, 11) is 0. The number of anilines is 2. The van der Waals surface area contributed by atoms with E-state index in [9.17, 15) is 0 Å². The number of allylic oxidation sites excluding steroid dienone is 4. The van der Waals surface area contributed by atoms with Gasteiger partial charge >= 0.3 is 0 Å². The molecule has 0 unspecified atom stereocenters. The predicted octanol–water partition coefficient (Wildman–Crippen LogP) is 7.76. The maximum absolute atomic E-state index is 3.65. The number of hydrogen-bond donors (Lipinski definition) is 1. The number of rotatable bonds is 3. The van der Waals surface area contributed by atoms with Gasteiger partial charge in [0.15, 0.2) is 0 Å². The van der Waals surface area contributed by atoms with Gasteiger partial charge in [0, 0.05) is 16.9 Å². The molecule has 0 bridgehead atoms. The van der Waals surface area contributed by atoms with Crippen LogP contribution in [0.2, 0.25) is 0 Å². The molecule has 1 heteroatoms. The van der Waals surface area contributed by atoms with E-state index < -0.39 is 0 Å². The topological polar surface area (TPSA) is 12.0 Å². The molecule has 0 saturated heterocycles. The summed E-state index contributed by atoms with van der Waals surface area (Å²) in [4.78, 5) is 0. The Morgan fingerprint density at radius 3 is 1.93 bits per heavy atom. The van der Waals surface area contributed by atoms with Crippen molar-refractivity contribution in [3.8, 4) is 0 Å². The lowest BCUT2D eigenvalue weighted by Gasteiger charge is -2.23. The molecule has 142 valence electrons. The summed E-state index contributed by atoms with van der Waals surface area (Å²) in [6.07, 6.45) is 9.15. The Morgan fingerprint density at radius 2 is 1.37 bits per heavy atom. The van der Waals surface area contributed by atoms with Gasteiger partial charge in [-0.15, -0.1) is 0 Å². The van der Waals surface area contributed by atoms with Gasteiger partial charge in [0.2, 0.25) is 0 Å². The molecule has 2 aromatic carbocycles. The van der Waals surface area contributed by atoms with Gasteiger partial charge in [-0.2, -0.15) is 0 Å². The van der Waals surface area contributed by atoms with Crippen molar-refractivity contribution >= 4 is 16.9 Å². The summed E-state index contributed by atoms with van der Waals surface area (Å²) < 4.78 is 0. The Labute approximate surface area is 165 Å². The quantitative estimate of drug-likeness (QED) is 0.590. The summed E-state index contributed by atoms with van der Waals surface area (Å²) in [5, 5.41) is 3.65. The van der Waals surface area contributed by atoms with Gasteiger partial charge < -0.3 is 5.32 Å². The van der Waals surface area contributed by atoms with Crippen LogP contribution >= 0.6 is 0 Å². The van der Waals surface area contributed by atoms with E-state index in [0.717, 1.165) is 18.5 Å². The van der Waals surface area contributed by atoms with Crippen molar-refractivity contribution in [2.24, 2.45) is 0 Å². The van der Waals surface area contributed by atoms with Crippen molar-refractivity contribution in [3.05, 3.63) is 77.4 Å². The van der Waals surface area contributed by atoms with Crippen LogP contribution < -0.4 is 5.32 Å². The highest BCUT2D eigenvalue weighted by Gasteiger charge is 2.18. The minimum absolute atomic E-state index is 0.139. The van der Waals surface area contributed by atoms with E-state index in [4.69, 9.17) is 0 Å². The number of nitrogens with one attached hydrogen (secondary N) is 1. The second-order valence-electron chi connectivity index (χ2n) is 9.60. The van der Waals surface area contributed by atoms with Crippen molar-refractivity contribution in [2.75, 3.05) is 5.32 Å². The third-order valence-corrected chi connectivity index (χ3v) is 5.22. The van der Waals surface area contributed by atoms with Gasteiger partial charge in [0.1, 0.15) is 0 Å². The summed E-state index contributed by atoms with van der Waals surface area (Å²) in [6.45, 7) is 13.6. The molecule has 0 radical (unpaired) electrons. The summed E-state index contributed by atoms with van der Waals surface area (Å²) in [5.74, 6) is 0. The monoisotopic (exact) mass is 359 g/mol. The zero-order valence-corrected chi connectivity index (χ0v) is 17.7. The van der Waals surface area contributed by atoms with Crippen molar-refractivity contribution in [1.82, 2.24) is 0 Å². The van der Waals surface area contributed by atoms with E-state index in [1.54, 1.807) is 0 Å². The molecule has 0 amide bonds. The first-order valence-electron chi connectivity index (χ1n) is 10.0. The fraction of sp³-hybridized carbons (Fsp3) is 0.385. The highest BCUT2D eigenvalue weighted by atomic mass is 14.9. The minimum Gasteiger partial charge on any atom is -0.355 e. The molecule has 0 fully saturated rings. The van der Waals surface area contributed by atoms with E-state index in [0.29, 0.717) is 0 Å². The van der Waals surface area contributed by atoms with E-state index in [1.807, 2.05) is 0 Å². The van der Waals surface area contributed by atoms with Crippen LogP contribution in [0.25, 0.3) is 5.57 Å². The molecule has 0 spiro atoms. The molecule has 0 aromatic heterocycles. The maximum atomic E-state index is 3.65. The Balaban J connectivity index is 1.97. The molecule has 0 atom stereocenters. The van der Waals surface area contributed by atoms with Crippen LogP contribution in [0.15, 0.2) is 60.7 Å². The lowest BCUT2D eigenvalue weighted by Crippen LogP contribution is -2.12. The smallest absolute Gasteiger partial charge is 0.0463 e. The summed E-state index contributed by atoms with van der Waals surface area (Å²) in [5.41, 5.74) is 7.95. The largest absolute Gasteiger partial charge is 0.355 e. The van der Waals surface area contributed by atoms with Crippen LogP contribution in [0.5, 0.6) is 0 Å². The normalized spacial score (nSPS) is 14.8. The Hall–Kier alpha value is -2.28. The molecule has 1 aliphatic carbocycles. The first-order chi connectivity index (χ1) is 12.6. The molecule has 27 heavy (non-hydrogen) atoms. The third-order valence-electron chi connectivity index (χ3n) is 5.22. The molecule has 1 N–H and O–H groups in total. The van der Waals surface area contributed by atoms with Crippen molar-refractivity contribution in [1.29, 1.82) is 0 Å². The lowest BCUT2D eigenvalue weighted by molar-refractivity contribution is 0.590. The lowest BCUT2D eigenvalue weighted by atomic mass is 9.84. The molecule has 0 aliphatic heterocycles. The first-order valence-corrected chi connectivity index (χ1v) is 10.0. The summed E-state index contributed by atoms with van der Waals surface area (Å²) in [6, 6.07) is 15.7. The van der Waals surface area contributed by atoms with Crippen molar-refractivity contribution in [3.63, 3.8) is 0 Å². The number of hydrogen-bond acceptors (Lipinski definition) is 1. The van der Waals surface area contributed by atoms with E-state index in [2.05, 4.69) is 108 Å². The molecule has 0 heterocycles. The van der Waals surface area contributed by atoms with E-state index in [1.165, 1.54) is 28.0 Å². The highest BCUT2D eigenvalue weighted by Crippen LogP contribution is 2.34. The van der Waals surface area contributed by atoms with Crippen LogP contribution in [-0.2, 0) is 10.8 Å². The standard InChI is InChI=1S/C26H33N/c1-25(2,3)20-12-15-22(16-13-20)27-24-17-14-21(26(4,5)6)18-23(24)19-10-8-7-9-11-19/h8,10-18,27H,7,9H2,1-6H3. The Bertz CT molecular complexity index is 853. The molecule has 3 rings (SSSR count). The maximum Gasteiger partial charge on any atom is 0.0463 e. The van der Waals surface area contributed by atoms with Crippen molar-refractivity contribution < 1.29 is 0 Å². The Kier molecular flexibility index (Phi) is 5.33. The predicted molar refractivity (Wildman–Crippen MR) is 120 cm³/mol. The SMILES string of the molecule is CC(C)(C)c1ccc(Nc2ccc(C(C)(C)C)cc2C2=CCCC=C2)cc1. The van der Waals surface area contributed by atoms with Crippen LogP contribution in [0.1, 0.15) is 71.1 Å².